The van der Waals surface area contributed by atoms with Gasteiger partial charge in [-0.05, 0) is 31.2 Å². The van der Waals surface area contributed by atoms with Gasteiger partial charge in [0.25, 0.3) is 5.91 Å². The SMILES string of the molecule is CC(=O)C1=C(O)C(=O)N(c2cccnc2)C1c1ccco1. The predicted molar refractivity (Wildman–Crippen MR) is 73.5 cm³/mol. The molecular formula is C15H12N2O4. The minimum Gasteiger partial charge on any atom is -0.503 e. The van der Waals surface area contributed by atoms with Gasteiger partial charge in [-0.1, -0.05) is 0 Å². The second-order valence-corrected chi connectivity index (χ2v) is 4.62. The molecule has 0 saturated heterocycles. The molecule has 0 saturated carbocycles. The highest BCUT2D eigenvalue weighted by Crippen LogP contribution is 2.40. The van der Waals surface area contributed by atoms with Gasteiger partial charge < -0.3 is 9.52 Å². The molecule has 0 radical (unpaired) electrons. The first-order chi connectivity index (χ1) is 10.1. The van der Waals surface area contributed by atoms with Gasteiger partial charge in [-0.3, -0.25) is 19.5 Å². The highest BCUT2D eigenvalue weighted by molar-refractivity contribution is 6.15. The number of carbonyl (C=O) groups excluding carboxylic acids is 2. The van der Waals surface area contributed by atoms with Crippen LogP contribution in [0.5, 0.6) is 0 Å². The summed E-state index contributed by atoms with van der Waals surface area (Å²) in [5.74, 6) is -1.17. The lowest BCUT2D eigenvalue weighted by Crippen LogP contribution is -2.30. The van der Waals surface area contributed by atoms with E-state index in [9.17, 15) is 14.7 Å². The van der Waals surface area contributed by atoms with Crippen molar-refractivity contribution in [2.75, 3.05) is 4.90 Å². The van der Waals surface area contributed by atoms with E-state index in [2.05, 4.69) is 4.98 Å². The van der Waals surface area contributed by atoms with Gasteiger partial charge in [-0.25, -0.2) is 0 Å². The van der Waals surface area contributed by atoms with Gasteiger partial charge in [0.2, 0.25) is 0 Å². The molecule has 0 aromatic carbocycles. The maximum Gasteiger partial charge on any atom is 0.294 e. The van der Waals surface area contributed by atoms with Crippen molar-refractivity contribution >= 4 is 17.4 Å². The number of furan rings is 1. The van der Waals surface area contributed by atoms with Crippen LogP contribution in [0.1, 0.15) is 18.7 Å². The summed E-state index contributed by atoms with van der Waals surface area (Å²) >= 11 is 0. The van der Waals surface area contributed by atoms with Crippen LogP contribution in [0.25, 0.3) is 0 Å². The van der Waals surface area contributed by atoms with Gasteiger partial charge in [0.05, 0.1) is 23.7 Å². The first kappa shape index (κ1) is 13.1. The number of rotatable bonds is 3. The molecule has 0 aliphatic carbocycles. The zero-order chi connectivity index (χ0) is 15.0. The Kier molecular flexibility index (Phi) is 3.06. The Balaban J connectivity index is 2.17. The molecule has 106 valence electrons. The molecule has 6 heteroatoms. The molecule has 0 bridgehead atoms. The van der Waals surface area contributed by atoms with E-state index in [1.165, 1.54) is 24.3 Å². The summed E-state index contributed by atoms with van der Waals surface area (Å²) in [6.45, 7) is 1.31. The maximum absolute atomic E-state index is 12.3. The molecule has 0 spiro atoms. The summed E-state index contributed by atoms with van der Waals surface area (Å²) in [6.07, 6.45) is 4.52. The monoisotopic (exact) mass is 284 g/mol. The number of aliphatic hydroxyl groups excluding tert-OH is 1. The van der Waals surface area contributed by atoms with Crippen molar-refractivity contribution in [3.8, 4) is 0 Å². The second-order valence-electron chi connectivity index (χ2n) is 4.62. The fourth-order valence-corrected chi connectivity index (χ4v) is 2.44. The van der Waals surface area contributed by atoms with Crippen LogP contribution in [0.15, 0.2) is 58.7 Å². The molecule has 3 heterocycles. The van der Waals surface area contributed by atoms with Crippen LogP contribution in [-0.4, -0.2) is 21.8 Å². The van der Waals surface area contributed by atoms with Crippen molar-refractivity contribution in [1.82, 2.24) is 4.98 Å². The Morgan fingerprint density at radius 3 is 2.76 bits per heavy atom. The summed E-state index contributed by atoms with van der Waals surface area (Å²) in [5.41, 5.74) is 0.505. The summed E-state index contributed by atoms with van der Waals surface area (Å²) in [4.78, 5) is 29.4. The maximum atomic E-state index is 12.3. The molecule has 2 aromatic rings. The molecule has 3 rings (SSSR count). The zero-order valence-corrected chi connectivity index (χ0v) is 11.2. The Morgan fingerprint density at radius 2 is 2.19 bits per heavy atom. The standard InChI is InChI=1S/C15H12N2O4/c1-9(18)12-13(11-5-3-7-21-11)17(15(20)14(12)19)10-4-2-6-16-8-10/h2-8,13,19H,1H3. The number of aliphatic hydroxyl groups is 1. The minimum atomic E-state index is -0.783. The van der Waals surface area contributed by atoms with E-state index in [0.29, 0.717) is 11.4 Å². The van der Waals surface area contributed by atoms with Crippen LogP contribution in [0.4, 0.5) is 5.69 Å². The third kappa shape index (κ3) is 2.01. The summed E-state index contributed by atoms with van der Waals surface area (Å²) in [5, 5.41) is 10.0. The van der Waals surface area contributed by atoms with Gasteiger partial charge in [0, 0.05) is 6.20 Å². The fraction of sp³-hybridized carbons (Fsp3) is 0.133. The number of aromatic nitrogens is 1. The van der Waals surface area contributed by atoms with Crippen molar-refractivity contribution < 1.29 is 19.1 Å². The van der Waals surface area contributed by atoms with E-state index in [1.807, 2.05) is 0 Å². The van der Waals surface area contributed by atoms with E-state index in [1.54, 1.807) is 30.5 Å². The molecule has 1 N–H and O–H groups in total. The Bertz CT molecular complexity index is 719. The number of hydrogen-bond acceptors (Lipinski definition) is 5. The number of carbonyl (C=O) groups is 2. The van der Waals surface area contributed by atoms with Crippen molar-refractivity contribution in [2.45, 2.75) is 13.0 Å². The highest BCUT2D eigenvalue weighted by atomic mass is 16.3. The average Bonchev–Trinajstić information content (AvgIpc) is 3.07. The fourth-order valence-electron chi connectivity index (χ4n) is 2.44. The number of anilines is 1. The quantitative estimate of drug-likeness (QED) is 0.933. The van der Waals surface area contributed by atoms with Crippen LogP contribution in [0.2, 0.25) is 0 Å². The Hall–Kier alpha value is -2.89. The van der Waals surface area contributed by atoms with Gasteiger partial charge in [0.1, 0.15) is 11.8 Å². The predicted octanol–water partition coefficient (Wildman–Crippen LogP) is 2.16. The Morgan fingerprint density at radius 1 is 1.38 bits per heavy atom. The first-order valence-electron chi connectivity index (χ1n) is 6.32. The summed E-state index contributed by atoms with van der Waals surface area (Å²) < 4.78 is 5.33. The van der Waals surface area contributed by atoms with Gasteiger partial charge in [-0.15, -0.1) is 0 Å². The average molecular weight is 284 g/mol. The van der Waals surface area contributed by atoms with Crippen LogP contribution in [0.3, 0.4) is 0 Å². The van der Waals surface area contributed by atoms with Crippen molar-refractivity contribution in [3.63, 3.8) is 0 Å². The molecule has 1 amide bonds. The van der Waals surface area contributed by atoms with Crippen LogP contribution < -0.4 is 4.90 Å². The molecule has 2 aromatic heterocycles. The lowest BCUT2D eigenvalue weighted by atomic mass is 10.0. The third-order valence-corrected chi connectivity index (χ3v) is 3.32. The van der Waals surface area contributed by atoms with Crippen molar-refractivity contribution in [2.24, 2.45) is 0 Å². The Labute approximate surface area is 120 Å². The smallest absolute Gasteiger partial charge is 0.294 e. The van der Waals surface area contributed by atoms with Gasteiger partial charge >= 0.3 is 0 Å². The minimum absolute atomic E-state index is 0.0267. The normalized spacial score (nSPS) is 18.4. The topological polar surface area (TPSA) is 83.6 Å². The molecule has 21 heavy (non-hydrogen) atoms. The third-order valence-electron chi connectivity index (χ3n) is 3.32. The largest absolute Gasteiger partial charge is 0.503 e. The van der Waals surface area contributed by atoms with Crippen LogP contribution >= 0.6 is 0 Å². The molecule has 0 fully saturated rings. The lowest BCUT2D eigenvalue weighted by molar-refractivity contribution is -0.117. The van der Waals surface area contributed by atoms with Gasteiger partial charge in [-0.2, -0.15) is 0 Å². The van der Waals surface area contributed by atoms with Crippen molar-refractivity contribution in [1.29, 1.82) is 0 Å². The highest BCUT2D eigenvalue weighted by Gasteiger charge is 2.44. The first-order valence-corrected chi connectivity index (χ1v) is 6.32. The van der Waals surface area contributed by atoms with E-state index in [4.69, 9.17) is 4.42 Å². The van der Waals surface area contributed by atoms with E-state index >= 15 is 0 Å². The molecule has 1 atom stereocenters. The summed E-state index contributed by atoms with van der Waals surface area (Å²) in [7, 11) is 0. The number of Topliss-reactive ketones (excluding diaryl/α,β-unsaturated/α-hetero) is 1. The van der Waals surface area contributed by atoms with E-state index < -0.39 is 17.7 Å². The summed E-state index contributed by atoms with van der Waals surface area (Å²) in [6, 6.07) is 5.88. The molecule has 1 unspecified atom stereocenters. The lowest BCUT2D eigenvalue weighted by Gasteiger charge is -2.24. The zero-order valence-electron chi connectivity index (χ0n) is 11.2. The van der Waals surface area contributed by atoms with E-state index in [-0.39, 0.29) is 11.4 Å². The number of amides is 1. The van der Waals surface area contributed by atoms with Crippen LogP contribution in [-0.2, 0) is 9.59 Å². The number of pyridine rings is 1. The van der Waals surface area contributed by atoms with Crippen LogP contribution in [0, 0.1) is 0 Å². The number of hydrogen-bond donors (Lipinski definition) is 1. The molecule has 1 aliphatic heterocycles. The van der Waals surface area contributed by atoms with E-state index in [0.717, 1.165) is 0 Å². The number of ketones is 1. The molecule has 1 aliphatic rings. The van der Waals surface area contributed by atoms with Crippen molar-refractivity contribution in [3.05, 3.63) is 60.0 Å². The molecular weight excluding hydrogens is 272 g/mol. The number of nitrogens with zero attached hydrogens (tertiary/aromatic N) is 2. The molecule has 6 nitrogen and oxygen atoms in total. The second kappa shape index (κ2) is 4.90. The van der Waals surface area contributed by atoms with Gasteiger partial charge in [0.15, 0.2) is 11.5 Å².